The maximum Gasteiger partial charge on any atom is 0.410 e. The lowest BCUT2D eigenvalue weighted by atomic mass is 9.96. The highest BCUT2D eigenvalue weighted by Gasteiger charge is 2.41. The zero-order chi connectivity index (χ0) is 16.2. The monoisotopic (exact) mass is 301 g/mol. The van der Waals surface area contributed by atoms with E-state index in [2.05, 4.69) is 0 Å². The van der Waals surface area contributed by atoms with Crippen LogP contribution in [-0.4, -0.2) is 55.5 Å². The summed E-state index contributed by atoms with van der Waals surface area (Å²) >= 11 is 0. The number of amides is 1. The molecule has 21 heavy (non-hydrogen) atoms. The molecule has 1 amide bonds. The molecule has 0 aromatic carbocycles. The lowest BCUT2D eigenvalue weighted by molar-refractivity contribution is -0.151. The Kier molecular flexibility index (Phi) is 6.01. The Balaban J connectivity index is 2.83. The van der Waals surface area contributed by atoms with Crippen molar-refractivity contribution in [2.45, 2.75) is 58.3 Å². The van der Waals surface area contributed by atoms with Gasteiger partial charge in [0.05, 0.1) is 25.2 Å². The highest BCUT2D eigenvalue weighted by Crippen LogP contribution is 2.28. The summed E-state index contributed by atoms with van der Waals surface area (Å²) in [5, 5.41) is 0. The smallest absolute Gasteiger partial charge is 0.410 e. The minimum absolute atomic E-state index is 0.168. The van der Waals surface area contributed by atoms with Gasteiger partial charge in [-0.15, -0.1) is 0 Å². The van der Waals surface area contributed by atoms with Gasteiger partial charge in [-0.2, -0.15) is 0 Å². The molecule has 3 atom stereocenters. The minimum Gasteiger partial charge on any atom is -0.469 e. The number of hydrogen-bond acceptors (Lipinski definition) is 5. The summed E-state index contributed by atoms with van der Waals surface area (Å²) in [6.45, 7) is 7.88. The summed E-state index contributed by atoms with van der Waals surface area (Å²) in [6.07, 6.45) is 0.910. The van der Waals surface area contributed by atoms with Crippen LogP contribution < -0.4 is 0 Å². The second-order valence-electron chi connectivity index (χ2n) is 6.40. The Morgan fingerprint density at radius 2 is 1.86 bits per heavy atom. The van der Waals surface area contributed by atoms with E-state index < -0.39 is 17.6 Å². The van der Waals surface area contributed by atoms with Crippen molar-refractivity contribution in [3.63, 3.8) is 0 Å². The first-order valence-electron chi connectivity index (χ1n) is 7.31. The van der Waals surface area contributed by atoms with Crippen molar-refractivity contribution in [3.8, 4) is 0 Å². The zero-order valence-corrected chi connectivity index (χ0v) is 13.8. The SMILES string of the molecule is COC(=O)C(C)[C@@H](OC)[C@@H]1CCCN1C(=O)OC(C)(C)C. The molecule has 0 aromatic rings. The first-order valence-corrected chi connectivity index (χ1v) is 7.31. The van der Waals surface area contributed by atoms with Crippen molar-refractivity contribution >= 4 is 12.1 Å². The minimum atomic E-state index is -0.541. The molecule has 1 unspecified atom stereocenters. The number of rotatable bonds is 4. The molecule has 6 nitrogen and oxygen atoms in total. The molecule has 6 heteroatoms. The van der Waals surface area contributed by atoms with E-state index in [4.69, 9.17) is 14.2 Å². The van der Waals surface area contributed by atoms with Crippen molar-refractivity contribution < 1.29 is 23.8 Å². The molecular formula is C15H27NO5. The Labute approximate surface area is 126 Å². The van der Waals surface area contributed by atoms with E-state index in [0.717, 1.165) is 12.8 Å². The van der Waals surface area contributed by atoms with E-state index in [-0.39, 0.29) is 18.1 Å². The summed E-state index contributed by atoms with van der Waals surface area (Å²) < 4.78 is 15.7. The van der Waals surface area contributed by atoms with Gasteiger partial charge in [-0.3, -0.25) is 4.79 Å². The third-order valence-corrected chi connectivity index (χ3v) is 3.64. The lowest BCUT2D eigenvalue weighted by Crippen LogP contribution is -2.49. The fourth-order valence-corrected chi connectivity index (χ4v) is 2.70. The largest absolute Gasteiger partial charge is 0.469 e. The Hall–Kier alpha value is -1.30. The van der Waals surface area contributed by atoms with Crippen LogP contribution in [0.3, 0.4) is 0 Å². The molecule has 1 fully saturated rings. The molecule has 122 valence electrons. The van der Waals surface area contributed by atoms with Crippen molar-refractivity contribution in [3.05, 3.63) is 0 Å². The van der Waals surface area contributed by atoms with Crippen LogP contribution in [0.5, 0.6) is 0 Å². The molecule has 1 saturated heterocycles. The number of likely N-dealkylation sites (tertiary alicyclic amines) is 1. The van der Waals surface area contributed by atoms with Gasteiger partial charge in [-0.05, 0) is 40.5 Å². The molecule has 0 aromatic heterocycles. The first-order chi connectivity index (χ1) is 9.71. The number of hydrogen-bond donors (Lipinski definition) is 0. The van der Waals surface area contributed by atoms with E-state index in [9.17, 15) is 9.59 Å². The third kappa shape index (κ3) is 4.59. The van der Waals surface area contributed by atoms with E-state index >= 15 is 0 Å². The van der Waals surface area contributed by atoms with Crippen LogP contribution in [0.2, 0.25) is 0 Å². The fraction of sp³-hybridized carbons (Fsp3) is 0.867. The number of carbonyl (C=O) groups excluding carboxylic acids is 2. The molecule has 0 radical (unpaired) electrons. The average molecular weight is 301 g/mol. The van der Waals surface area contributed by atoms with E-state index in [0.29, 0.717) is 6.54 Å². The van der Waals surface area contributed by atoms with Crippen LogP contribution in [0.25, 0.3) is 0 Å². The molecule has 1 heterocycles. The van der Waals surface area contributed by atoms with Gasteiger partial charge in [0.15, 0.2) is 0 Å². The molecule has 1 rings (SSSR count). The number of nitrogens with zero attached hydrogens (tertiary/aromatic N) is 1. The summed E-state index contributed by atoms with van der Waals surface area (Å²) in [7, 11) is 2.90. The molecule has 0 bridgehead atoms. The average Bonchev–Trinajstić information content (AvgIpc) is 2.85. The molecular weight excluding hydrogens is 274 g/mol. The Morgan fingerprint density at radius 3 is 2.33 bits per heavy atom. The second-order valence-corrected chi connectivity index (χ2v) is 6.40. The predicted molar refractivity (Wildman–Crippen MR) is 77.9 cm³/mol. The Bertz CT molecular complexity index is 377. The number of ether oxygens (including phenoxy) is 3. The summed E-state index contributed by atoms with van der Waals surface area (Å²) in [6, 6.07) is -0.168. The number of esters is 1. The molecule has 0 spiro atoms. The maximum atomic E-state index is 12.3. The molecule has 0 saturated carbocycles. The van der Waals surface area contributed by atoms with E-state index in [1.165, 1.54) is 7.11 Å². The summed E-state index contributed by atoms with van der Waals surface area (Å²) in [5.41, 5.74) is -0.541. The highest BCUT2D eigenvalue weighted by molar-refractivity contribution is 5.73. The van der Waals surface area contributed by atoms with Gasteiger partial charge in [0, 0.05) is 13.7 Å². The van der Waals surface area contributed by atoms with Gasteiger partial charge in [-0.25, -0.2) is 4.79 Å². The fourth-order valence-electron chi connectivity index (χ4n) is 2.70. The van der Waals surface area contributed by atoms with Crippen LogP contribution in [-0.2, 0) is 19.0 Å². The number of methoxy groups -OCH3 is 2. The topological polar surface area (TPSA) is 65.1 Å². The van der Waals surface area contributed by atoms with Crippen LogP contribution in [0.4, 0.5) is 4.79 Å². The van der Waals surface area contributed by atoms with Crippen LogP contribution in [0.15, 0.2) is 0 Å². The van der Waals surface area contributed by atoms with Gasteiger partial charge in [0.1, 0.15) is 5.60 Å². The van der Waals surface area contributed by atoms with Crippen molar-refractivity contribution in [1.29, 1.82) is 0 Å². The van der Waals surface area contributed by atoms with E-state index in [1.807, 2.05) is 20.8 Å². The van der Waals surface area contributed by atoms with E-state index in [1.54, 1.807) is 18.9 Å². The first kappa shape index (κ1) is 17.8. The third-order valence-electron chi connectivity index (χ3n) is 3.64. The summed E-state index contributed by atoms with van der Waals surface area (Å²) in [4.78, 5) is 25.7. The number of carbonyl (C=O) groups is 2. The van der Waals surface area contributed by atoms with Crippen LogP contribution >= 0.6 is 0 Å². The quantitative estimate of drug-likeness (QED) is 0.745. The molecule has 1 aliphatic rings. The zero-order valence-electron chi connectivity index (χ0n) is 13.8. The van der Waals surface area contributed by atoms with Gasteiger partial charge in [0.2, 0.25) is 0 Å². The van der Waals surface area contributed by atoms with Crippen molar-refractivity contribution in [2.24, 2.45) is 5.92 Å². The maximum absolute atomic E-state index is 12.3. The van der Waals surface area contributed by atoms with Crippen molar-refractivity contribution in [1.82, 2.24) is 4.90 Å². The normalized spacial score (nSPS) is 21.8. The van der Waals surface area contributed by atoms with Gasteiger partial charge < -0.3 is 19.1 Å². The lowest BCUT2D eigenvalue weighted by Gasteiger charge is -2.34. The van der Waals surface area contributed by atoms with Crippen LogP contribution in [0.1, 0.15) is 40.5 Å². The van der Waals surface area contributed by atoms with Crippen LogP contribution in [0, 0.1) is 5.92 Å². The van der Waals surface area contributed by atoms with Gasteiger partial charge >= 0.3 is 12.1 Å². The molecule has 0 aliphatic carbocycles. The predicted octanol–water partition coefficient (Wildman–Crippen LogP) is 2.21. The summed E-state index contributed by atoms with van der Waals surface area (Å²) in [5.74, 6) is -0.772. The highest BCUT2D eigenvalue weighted by atomic mass is 16.6. The van der Waals surface area contributed by atoms with Crippen molar-refractivity contribution in [2.75, 3.05) is 20.8 Å². The Morgan fingerprint density at radius 1 is 1.24 bits per heavy atom. The van der Waals surface area contributed by atoms with Gasteiger partial charge in [0.25, 0.3) is 0 Å². The van der Waals surface area contributed by atoms with Gasteiger partial charge in [-0.1, -0.05) is 0 Å². The second kappa shape index (κ2) is 7.11. The standard InChI is InChI=1S/C15H27NO5/c1-10(13(17)20-6)12(19-5)11-8-7-9-16(11)14(18)21-15(2,3)4/h10-12H,7-9H2,1-6H3/t10?,11-,12+/m0/s1. The molecule has 1 aliphatic heterocycles. The molecule has 0 N–H and O–H groups in total.